The molecule has 0 amide bonds. The quantitative estimate of drug-likeness (QED) is 0.763. The van der Waals surface area contributed by atoms with Crippen molar-refractivity contribution in [3.63, 3.8) is 0 Å². The van der Waals surface area contributed by atoms with Gasteiger partial charge in [-0.15, -0.1) is 0 Å². The third-order valence-corrected chi connectivity index (χ3v) is 2.00. The molecule has 6 nitrogen and oxygen atoms in total. The Hall–Kier alpha value is -1.35. The van der Waals surface area contributed by atoms with Crippen LogP contribution in [0.1, 0.15) is 0 Å². The molecule has 0 radical (unpaired) electrons. The fraction of sp³-hybridized carbons (Fsp3) is 0.200. The van der Waals surface area contributed by atoms with Gasteiger partial charge in [0.25, 0.3) is 0 Å². The van der Waals surface area contributed by atoms with Gasteiger partial charge in [-0.05, 0) is 0 Å². The van der Waals surface area contributed by atoms with E-state index in [2.05, 4.69) is 14.7 Å². The van der Waals surface area contributed by atoms with Crippen molar-refractivity contribution >= 4 is 10.0 Å². The number of ether oxygens (including phenoxy) is 1. The van der Waals surface area contributed by atoms with E-state index in [1.54, 1.807) is 0 Å². The number of hydrogen-bond donors (Lipinski definition) is 1. The van der Waals surface area contributed by atoms with Gasteiger partial charge in [-0.25, -0.2) is 23.5 Å². The minimum absolute atomic E-state index is 0.376. The van der Waals surface area contributed by atoms with E-state index in [4.69, 9.17) is 5.14 Å². The summed E-state index contributed by atoms with van der Waals surface area (Å²) in [5, 5.41) is 4.71. The predicted molar refractivity (Wildman–Crippen MR) is 40.0 cm³/mol. The van der Waals surface area contributed by atoms with E-state index in [0.717, 1.165) is 12.4 Å². The van der Waals surface area contributed by atoms with Gasteiger partial charge in [0.1, 0.15) is 4.90 Å². The smallest absolute Gasteiger partial charge is 0.389 e. The first kappa shape index (κ1) is 10.7. The molecule has 0 atom stereocenters. The molecule has 1 rings (SSSR count). The lowest BCUT2D eigenvalue weighted by atomic mass is 10.7. The first-order chi connectivity index (χ1) is 6.39. The Kier molecular flexibility index (Phi) is 2.91. The summed E-state index contributed by atoms with van der Waals surface area (Å²) in [5.74, 6) is 0. The summed E-state index contributed by atoms with van der Waals surface area (Å²) in [4.78, 5) is 6.05. The molecule has 1 aromatic heterocycles. The highest BCUT2D eigenvalue weighted by Gasteiger charge is 2.11. The number of halogens is 2. The molecule has 0 spiro atoms. The Morgan fingerprint density at radius 1 is 1.36 bits per heavy atom. The van der Waals surface area contributed by atoms with Crippen molar-refractivity contribution < 1.29 is 21.9 Å². The van der Waals surface area contributed by atoms with Crippen molar-refractivity contribution in [1.82, 2.24) is 9.97 Å². The predicted octanol–water partition coefficient (Wildman–Crippen LogP) is -0.275. The van der Waals surface area contributed by atoms with Crippen molar-refractivity contribution in [2.24, 2.45) is 5.14 Å². The first-order valence-electron chi connectivity index (χ1n) is 3.19. The lowest BCUT2D eigenvalue weighted by Crippen LogP contribution is -2.13. The van der Waals surface area contributed by atoms with E-state index in [1.807, 2.05) is 0 Å². The van der Waals surface area contributed by atoms with Gasteiger partial charge in [0.05, 0.1) is 12.4 Å². The van der Waals surface area contributed by atoms with E-state index in [1.165, 1.54) is 0 Å². The number of nitrogens with two attached hydrogens (primary N) is 1. The second kappa shape index (κ2) is 3.80. The molecular weight excluding hydrogens is 220 g/mol. The molecule has 2 N–H and O–H groups in total. The molecule has 0 fully saturated rings. The Bertz CT molecular complexity index is 405. The summed E-state index contributed by atoms with van der Waals surface area (Å²) < 4.78 is 48.4. The van der Waals surface area contributed by atoms with Gasteiger partial charge >= 0.3 is 12.6 Å². The van der Waals surface area contributed by atoms with Crippen LogP contribution in [0.3, 0.4) is 0 Å². The van der Waals surface area contributed by atoms with Gasteiger partial charge in [-0.1, -0.05) is 0 Å². The largest absolute Gasteiger partial charge is 0.401 e. The second-order valence-corrected chi connectivity index (χ2v) is 3.69. The Balaban J connectivity index is 2.90. The molecule has 0 unspecified atom stereocenters. The molecule has 0 saturated heterocycles. The molecule has 1 aromatic rings. The molecular formula is C5H5F2N3O3S. The lowest BCUT2D eigenvalue weighted by molar-refractivity contribution is -0.0561. The van der Waals surface area contributed by atoms with E-state index < -0.39 is 22.6 Å². The maximum Gasteiger partial charge on any atom is 0.389 e. The minimum Gasteiger partial charge on any atom is -0.401 e. The maximum atomic E-state index is 11.6. The summed E-state index contributed by atoms with van der Waals surface area (Å²) in [6, 6.07) is -0.618. The minimum atomic E-state index is -3.92. The van der Waals surface area contributed by atoms with Crippen LogP contribution >= 0.6 is 0 Å². The van der Waals surface area contributed by atoms with Crippen molar-refractivity contribution in [3.8, 4) is 6.01 Å². The Labute approximate surface area is 77.8 Å². The number of alkyl halides is 2. The normalized spacial score (nSPS) is 11.7. The van der Waals surface area contributed by atoms with Crippen LogP contribution in [0.2, 0.25) is 0 Å². The van der Waals surface area contributed by atoms with Crippen molar-refractivity contribution in [3.05, 3.63) is 12.4 Å². The topological polar surface area (TPSA) is 95.2 Å². The zero-order valence-electron chi connectivity index (χ0n) is 6.59. The van der Waals surface area contributed by atoms with Crippen molar-refractivity contribution in [2.45, 2.75) is 11.5 Å². The van der Waals surface area contributed by atoms with Crippen LogP contribution in [0.15, 0.2) is 17.3 Å². The third kappa shape index (κ3) is 2.85. The van der Waals surface area contributed by atoms with E-state index in [-0.39, 0.29) is 4.90 Å². The average molecular weight is 225 g/mol. The van der Waals surface area contributed by atoms with Gasteiger partial charge in [0, 0.05) is 0 Å². The first-order valence-corrected chi connectivity index (χ1v) is 4.74. The molecule has 0 bridgehead atoms. The third-order valence-electron chi connectivity index (χ3n) is 1.13. The second-order valence-electron chi connectivity index (χ2n) is 2.12. The van der Waals surface area contributed by atoms with Crippen LogP contribution in [0.25, 0.3) is 0 Å². The molecule has 0 aliphatic heterocycles. The monoisotopic (exact) mass is 225 g/mol. The summed E-state index contributed by atoms with van der Waals surface area (Å²) in [5.41, 5.74) is 0. The van der Waals surface area contributed by atoms with Gasteiger partial charge in [-0.2, -0.15) is 8.78 Å². The zero-order chi connectivity index (χ0) is 10.8. The fourth-order valence-electron chi connectivity index (χ4n) is 0.592. The Morgan fingerprint density at radius 3 is 2.21 bits per heavy atom. The van der Waals surface area contributed by atoms with Crippen molar-refractivity contribution in [2.75, 3.05) is 0 Å². The van der Waals surface area contributed by atoms with Crippen LogP contribution in [0, 0.1) is 0 Å². The summed E-state index contributed by atoms with van der Waals surface area (Å²) in [6.07, 6.45) is 1.56. The summed E-state index contributed by atoms with van der Waals surface area (Å²) >= 11 is 0. The van der Waals surface area contributed by atoms with Crippen molar-refractivity contribution in [1.29, 1.82) is 0 Å². The van der Waals surface area contributed by atoms with Crippen LogP contribution in [-0.4, -0.2) is 25.0 Å². The number of nitrogens with zero attached hydrogens (tertiary/aromatic N) is 2. The lowest BCUT2D eigenvalue weighted by Gasteiger charge is -2.01. The Morgan fingerprint density at radius 2 is 1.86 bits per heavy atom. The van der Waals surface area contributed by atoms with Crippen LogP contribution < -0.4 is 9.88 Å². The van der Waals surface area contributed by atoms with E-state index >= 15 is 0 Å². The zero-order valence-corrected chi connectivity index (χ0v) is 7.41. The highest BCUT2D eigenvalue weighted by atomic mass is 32.2. The molecule has 78 valence electrons. The van der Waals surface area contributed by atoms with Gasteiger partial charge in [0.15, 0.2) is 0 Å². The molecule has 1 heterocycles. The fourth-order valence-corrected chi connectivity index (χ4v) is 0.991. The summed E-state index contributed by atoms with van der Waals surface area (Å²) in [7, 11) is -3.92. The van der Waals surface area contributed by atoms with Gasteiger partial charge in [0.2, 0.25) is 10.0 Å². The molecule has 14 heavy (non-hydrogen) atoms. The van der Waals surface area contributed by atoms with Crippen LogP contribution in [-0.2, 0) is 10.0 Å². The molecule has 9 heteroatoms. The summed E-state index contributed by atoms with van der Waals surface area (Å²) in [6.45, 7) is -3.06. The molecule has 0 saturated carbocycles. The number of hydrogen-bond acceptors (Lipinski definition) is 5. The van der Waals surface area contributed by atoms with Gasteiger partial charge in [-0.3, -0.25) is 0 Å². The highest BCUT2D eigenvalue weighted by Crippen LogP contribution is 2.08. The van der Waals surface area contributed by atoms with E-state index in [9.17, 15) is 17.2 Å². The number of aromatic nitrogens is 2. The van der Waals surface area contributed by atoms with Gasteiger partial charge < -0.3 is 4.74 Å². The molecule has 0 aromatic carbocycles. The highest BCUT2D eigenvalue weighted by molar-refractivity contribution is 7.89. The number of rotatable bonds is 3. The number of sulfonamides is 1. The SMILES string of the molecule is NS(=O)(=O)c1cnc(OC(F)F)nc1. The maximum absolute atomic E-state index is 11.6. The van der Waals surface area contributed by atoms with E-state index in [0.29, 0.717) is 0 Å². The molecule has 0 aliphatic carbocycles. The molecule has 0 aliphatic rings. The standard InChI is InChI=1S/C5H5F2N3O3S/c6-4(7)13-5-9-1-3(2-10-5)14(8,11)12/h1-2,4H,(H2,8,11,12). The number of primary sulfonamides is 1. The average Bonchev–Trinajstić information content (AvgIpc) is 2.02. The van der Waals surface area contributed by atoms with Crippen LogP contribution in [0.5, 0.6) is 6.01 Å². The van der Waals surface area contributed by atoms with Crippen LogP contribution in [0.4, 0.5) is 8.78 Å².